The summed E-state index contributed by atoms with van der Waals surface area (Å²) in [6, 6.07) is 4.81. The third-order valence-corrected chi connectivity index (χ3v) is 2.73. The average Bonchev–Trinajstić information content (AvgIpc) is 2.37. The van der Waals surface area contributed by atoms with Crippen molar-refractivity contribution < 1.29 is 23.1 Å². The van der Waals surface area contributed by atoms with E-state index in [2.05, 4.69) is 5.32 Å². The number of carboxylic acids is 1. The van der Waals surface area contributed by atoms with Crippen LogP contribution in [0, 0.1) is 17.5 Å². The van der Waals surface area contributed by atoms with Gasteiger partial charge in [-0.3, -0.25) is 0 Å². The van der Waals surface area contributed by atoms with Gasteiger partial charge in [0.15, 0.2) is 11.6 Å². The SMILES string of the molecule is O=C(O)c1cc(Cl)ccc1Nc1cc(F)c(F)cc1F. The second kappa shape index (κ2) is 5.42. The zero-order chi connectivity index (χ0) is 14.9. The van der Waals surface area contributed by atoms with Crippen molar-refractivity contribution in [1.82, 2.24) is 0 Å². The molecule has 0 atom stereocenters. The van der Waals surface area contributed by atoms with Crippen LogP contribution in [0.2, 0.25) is 5.02 Å². The number of anilines is 2. The highest BCUT2D eigenvalue weighted by Crippen LogP contribution is 2.27. The molecule has 0 unspecified atom stereocenters. The predicted octanol–water partition coefficient (Wildman–Crippen LogP) is 4.20. The lowest BCUT2D eigenvalue weighted by atomic mass is 10.1. The number of carboxylic acid groups (broad SMARTS) is 1. The number of hydrogen-bond acceptors (Lipinski definition) is 2. The summed E-state index contributed by atoms with van der Waals surface area (Å²) in [5.41, 5.74) is -0.595. The number of aromatic carboxylic acids is 1. The van der Waals surface area contributed by atoms with Crippen molar-refractivity contribution in [3.05, 3.63) is 58.4 Å². The molecule has 0 aromatic heterocycles. The maximum Gasteiger partial charge on any atom is 0.337 e. The normalized spacial score (nSPS) is 10.4. The number of benzene rings is 2. The number of rotatable bonds is 3. The average molecular weight is 302 g/mol. The lowest BCUT2D eigenvalue weighted by molar-refractivity contribution is 0.0698. The first kappa shape index (κ1) is 14.2. The Morgan fingerprint density at radius 2 is 1.65 bits per heavy atom. The van der Waals surface area contributed by atoms with Crippen molar-refractivity contribution in [3.63, 3.8) is 0 Å². The van der Waals surface area contributed by atoms with Crippen LogP contribution in [-0.2, 0) is 0 Å². The Labute approximate surface area is 116 Å². The van der Waals surface area contributed by atoms with E-state index in [4.69, 9.17) is 16.7 Å². The predicted molar refractivity (Wildman–Crippen MR) is 68.0 cm³/mol. The summed E-state index contributed by atoms with van der Waals surface area (Å²) in [7, 11) is 0. The largest absolute Gasteiger partial charge is 0.478 e. The van der Waals surface area contributed by atoms with Crippen LogP contribution in [0.4, 0.5) is 24.5 Å². The quantitative estimate of drug-likeness (QED) is 0.835. The first-order valence-corrected chi connectivity index (χ1v) is 5.70. The van der Waals surface area contributed by atoms with Crippen LogP contribution in [0.25, 0.3) is 0 Å². The van der Waals surface area contributed by atoms with E-state index in [1.807, 2.05) is 0 Å². The van der Waals surface area contributed by atoms with Crippen LogP contribution < -0.4 is 5.32 Å². The molecule has 2 rings (SSSR count). The second-order valence-corrected chi connectivity index (χ2v) is 4.30. The Morgan fingerprint density at radius 1 is 1.00 bits per heavy atom. The Balaban J connectivity index is 2.45. The fourth-order valence-corrected chi connectivity index (χ4v) is 1.74. The molecule has 7 heteroatoms. The molecule has 20 heavy (non-hydrogen) atoms. The number of hydrogen-bond donors (Lipinski definition) is 2. The van der Waals surface area contributed by atoms with Gasteiger partial charge >= 0.3 is 5.97 Å². The molecular weight excluding hydrogens is 295 g/mol. The zero-order valence-corrected chi connectivity index (χ0v) is 10.5. The summed E-state index contributed by atoms with van der Waals surface area (Å²) >= 11 is 5.67. The van der Waals surface area contributed by atoms with Crippen molar-refractivity contribution >= 4 is 28.9 Å². The number of nitrogens with one attached hydrogen (secondary N) is 1. The van der Waals surface area contributed by atoms with Gasteiger partial charge in [0.05, 0.1) is 16.9 Å². The maximum atomic E-state index is 13.5. The van der Waals surface area contributed by atoms with Gasteiger partial charge in [0, 0.05) is 17.2 Å². The molecule has 0 spiro atoms. The minimum Gasteiger partial charge on any atom is -0.478 e. The Bertz CT molecular complexity index is 692. The van der Waals surface area contributed by atoms with E-state index >= 15 is 0 Å². The molecule has 0 saturated heterocycles. The fraction of sp³-hybridized carbons (Fsp3) is 0. The Morgan fingerprint density at radius 3 is 2.30 bits per heavy atom. The molecule has 0 aliphatic carbocycles. The molecule has 0 heterocycles. The second-order valence-electron chi connectivity index (χ2n) is 3.87. The lowest BCUT2D eigenvalue weighted by Gasteiger charge is -2.11. The van der Waals surface area contributed by atoms with Gasteiger partial charge in [-0.1, -0.05) is 11.6 Å². The van der Waals surface area contributed by atoms with Gasteiger partial charge in [-0.15, -0.1) is 0 Å². The minimum atomic E-state index is -1.33. The van der Waals surface area contributed by atoms with Gasteiger partial charge in [-0.25, -0.2) is 18.0 Å². The Kier molecular flexibility index (Phi) is 3.85. The summed E-state index contributed by atoms with van der Waals surface area (Å²) in [6.45, 7) is 0. The monoisotopic (exact) mass is 301 g/mol. The summed E-state index contributed by atoms with van der Waals surface area (Å²) in [5, 5.41) is 11.6. The van der Waals surface area contributed by atoms with Crippen LogP contribution in [0.5, 0.6) is 0 Å². The molecule has 0 bridgehead atoms. The molecule has 0 aliphatic rings. The standard InChI is InChI=1S/C13H7ClF3NO2/c14-6-1-2-11(7(3-6)13(19)20)18-12-5-9(16)8(15)4-10(12)17/h1-5,18H,(H,19,20). The van der Waals surface area contributed by atoms with Crippen molar-refractivity contribution in [2.75, 3.05) is 5.32 Å². The Hall–Kier alpha value is -2.21. The zero-order valence-electron chi connectivity index (χ0n) is 9.75. The van der Waals surface area contributed by atoms with E-state index in [0.29, 0.717) is 12.1 Å². The first-order valence-electron chi connectivity index (χ1n) is 5.33. The summed E-state index contributed by atoms with van der Waals surface area (Å²) in [5.74, 6) is -4.92. The lowest BCUT2D eigenvalue weighted by Crippen LogP contribution is -2.04. The third-order valence-electron chi connectivity index (χ3n) is 2.49. The van der Waals surface area contributed by atoms with Gasteiger partial charge in [-0.2, -0.15) is 0 Å². The van der Waals surface area contributed by atoms with Gasteiger partial charge in [-0.05, 0) is 18.2 Å². The molecule has 0 saturated carbocycles. The minimum absolute atomic E-state index is 0.00630. The molecular formula is C13H7ClF3NO2. The van der Waals surface area contributed by atoms with Crippen molar-refractivity contribution in [3.8, 4) is 0 Å². The number of halogens is 4. The molecule has 0 amide bonds. The van der Waals surface area contributed by atoms with E-state index in [1.165, 1.54) is 12.1 Å². The van der Waals surface area contributed by atoms with E-state index in [0.717, 1.165) is 6.07 Å². The van der Waals surface area contributed by atoms with E-state index in [9.17, 15) is 18.0 Å². The first-order chi connectivity index (χ1) is 9.38. The van der Waals surface area contributed by atoms with Crippen LogP contribution in [0.15, 0.2) is 30.3 Å². The van der Waals surface area contributed by atoms with Gasteiger partial charge in [0.1, 0.15) is 5.82 Å². The van der Waals surface area contributed by atoms with Gasteiger partial charge < -0.3 is 10.4 Å². The summed E-state index contributed by atoms with van der Waals surface area (Å²) < 4.78 is 39.4. The highest BCUT2D eigenvalue weighted by Gasteiger charge is 2.14. The van der Waals surface area contributed by atoms with Crippen molar-refractivity contribution in [2.45, 2.75) is 0 Å². The van der Waals surface area contributed by atoms with E-state index in [1.54, 1.807) is 0 Å². The molecule has 2 N–H and O–H groups in total. The van der Waals surface area contributed by atoms with E-state index in [-0.39, 0.29) is 22.0 Å². The molecule has 2 aromatic rings. The highest BCUT2D eigenvalue weighted by atomic mass is 35.5. The summed E-state index contributed by atoms with van der Waals surface area (Å²) in [4.78, 5) is 11.0. The summed E-state index contributed by atoms with van der Waals surface area (Å²) in [6.07, 6.45) is 0. The molecule has 0 aliphatic heterocycles. The van der Waals surface area contributed by atoms with Crippen molar-refractivity contribution in [1.29, 1.82) is 0 Å². The maximum absolute atomic E-state index is 13.5. The highest BCUT2D eigenvalue weighted by molar-refractivity contribution is 6.31. The molecule has 0 fully saturated rings. The van der Waals surface area contributed by atoms with Crippen LogP contribution >= 0.6 is 11.6 Å². The van der Waals surface area contributed by atoms with Crippen LogP contribution in [0.1, 0.15) is 10.4 Å². The van der Waals surface area contributed by atoms with Crippen LogP contribution in [0.3, 0.4) is 0 Å². The van der Waals surface area contributed by atoms with Crippen LogP contribution in [-0.4, -0.2) is 11.1 Å². The topological polar surface area (TPSA) is 49.3 Å². The van der Waals surface area contributed by atoms with E-state index < -0.39 is 23.4 Å². The smallest absolute Gasteiger partial charge is 0.337 e. The molecule has 0 radical (unpaired) electrons. The third kappa shape index (κ3) is 2.85. The van der Waals surface area contributed by atoms with Gasteiger partial charge in [0.2, 0.25) is 0 Å². The molecule has 3 nitrogen and oxygen atoms in total. The van der Waals surface area contributed by atoms with Gasteiger partial charge in [0.25, 0.3) is 0 Å². The fourth-order valence-electron chi connectivity index (χ4n) is 1.57. The molecule has 104 valence electrons. The molecule has 2 aromatic carbocycles. The number of carbonyl (C=O) groups is 1. The van der Waals surface area contributed by atoms with Crippen molar-refractivity contribution in [2.24, 2.45) is 0 Å².